The van der Waals surface area contributed by atoms with Gasteiger partial charge in [0.2, 0.25) is 0 Å². The summed E-state index contributed by atoms with van der Waals surface area (Å²) in [6.45, 7) is 1.16. The Morgan fingerprint density at radius 3 is 2.59 bits per heavy atom. The van der Waals surface area contributed by atoms with Crippen LogP contribution in [0.2, 0.25) is 5.02 Å². The van der Waals surface area contributed by atoms with Crippen LogP contribution in [0.5, 0.6) is 0 Å². The molecule has 0 spiro atoms. The molecule has 0 saturated carbocycles. The van der Waals surface area contributed by atoms with Gasteiger partial charge in [-0.3, -0.25) is 0 Å². The minimum Gasteiger partial charge on any atom is -0.372 e. The van der Waals surface area contributed by atoms with Gasteiger partial charge in [-0.1, -0.05) is 57.9 Å². The molecule has 0 unspecified atom stereocenters. The van der Waals surface area contributed by atoms with Crippen molar-refractivity contribution in [1.29, 1.82) is 0 Å². The molecule has 3 heteroatoms. The molecule has 17 heavy (non-hydrogen) atoms. The normalized spacial score (nSPS) is 10.5. The Labute approximate surface area is 115 Å². The highest BCUT2D eigenvalue weighted by molar-refractivity contribution is 9.10. The van der Waals surface area contributed by atoms with Gasteiger partial charge < -0.3 is 4.74 Å². The van der Waals surface area contributed by atoms with Crippen LogP contribution in [-0.4, -0.2) is 0 Å². The molecule has 1 nitrogen and oxygen atoms in total. The van der Waals surface area contributed by atoms with Crippen LogP contribution in [0.3, 0.4) is 0 Å². The van der Waals surface area contributed by atoms with Crippen molar-refractivity contribution in [3.8, 4) is 0 Å². The first kappa shape index (κ1) is 12.6. The fourth-order valence-electron chi connectivity index (χ4n) is 1.52. The van der Waals surface area contributed by atoms with Crippen molar-refractivity contribution in [1.82, 2.24) is 0 Å². The average Bonchev–Trinajstić information content (AvgIpc) is 2.32. The van der Waals surface area contributed by atoms with Gasteiger partial charge in [-0.2, -0.15) is 0 Å². The van der Waals surface area contributed by atoms with E-state index in [9.17, 15) is 0 Å². The molecule has 0 radical (unpaired) electrons. The fraction of sp³-hybridized carbons (Fsp3) is 0.143. The molecule has 0 aliphatic rings. The van der Waals surface area contributed by atoms with E-state index in [0.29, 0.717) is 13.2 Å². The van der Waals surface area contributed by atoms with Crippen LogP contribution < -0.4 is 0 Å². The van der Waals surface area contributed by atoms with Crippen molar-refractivity contribution >= 4 is 27.5 Å². The number of benzene rings is 2. The zero-order valence-electron chi connectivity index (χ0n) is 9.20. The summed E-state index contributed by atoms with van der Waals surface area (Å²) in [6.07, 6.45) is 0. The van der Waals surface area contributed by atoms with E-state index in [1.807, 2.05) is 48.5 Å². The summed E-state index contributed by atoms with van der Waals surface area (Å²) in [4.78, 5) is 0. The predicted octanol–water partition coefficient (Wildman–Crippen LogP) is 4.82. The van der Waals surface area contributed by atoms with Crippen LogP contribution in [0.1, 0.15) is 11.1 Å². The van der Waals surface area contributed by atoms with Crippen LogP contribution >= 0.6 is 27.5 Å². The molecule has 2 aromatic carbocycles. The lowest BCUT2D eigenvalue weighted by atomic mass is 10.2. The lowest BCUT2D eigenvalue weighted by molar-refractivity contribution is 0.107. The zero-order chi connectivity index (χ0) is 12.1. The predicted molar refractivity (Wildman–Crippen MR) is 74.1 cm³/mol. The first-order valence-electron chi connectivity index (χ1n) is 5.31. The summed E-state index contributed by atoms with van der Waals surface area (Å²) < 4.78 is 6.73. The lowest BCUT2D eigenvalue weighted by Crippen LogP contribution is -1.94. The Hall–Kier alpha value is -0.830. The third-order valence-electron chi connectivity index (χ3n) is 2.37. The highest BCUT2D eigenvalue weighted by Crippen LogP contribution is 2.18. The topological polar surface area (TPSA) is 9.23 Å². The maximum absolute atomic E-state index is 5.90. The highest BCUT2D eigenvalue weighted by atomic mass is 79.9. The zero-order valence-corrected chi connectivity index (χ0v) is 11.5. The summed E-state index contributed by atoms with van der Waals surface area (Å²) in [6, 6.07) is 15.8. The molecule has 88 valence electrons. The first-order valence-corrected chi connectivity index (χ1v) is 6.48. The molecular weight excluding hydrogens is 300 g/mol. The number of halogens is 2. The second-order valence-electron chi connectivity index (χ2n) is 3.71. The Balaban J connectivity index is 1.90. The van der Waals surface area contributed by atoms with Gasteiger partial charge in [-0.05, 0) is 29.3 Å². The van der Waals surface area contributed by atoms with Gasteiger partial charge in [0.25, 0.3) is 0 Å². The molecule has 2 rings (SSSR count). The third kappa shape index (κ3) is 3.84. The standard InChI is InChI=1S/C14H12BrClO/c15-14-7-2-1-5-12(14)10-17-9-11-4-3-6-13(16)8-11/h1-8H,9-10H2. The fourth-order valence-corrected chi connectivity index (χ4v) is 2.13. The average molecular weight is 312 g/mol. The monoisotopic (exact) mass is 310 g/mol. The Morgan fingerprint density at radius 1 is 1.00 bits per heavy atom. The second-order valence-corrected chi connectivity index (χ2v) is 5.00. The van der Waals surface area contributed by atoms with Crippen molar-refractivity contribution in [3.05, 3.63) is 69.2 Å². The van der Waals surface area contributed by atoms with Gasteiger partial charge in [0.15, 0.2) is 0 Å². The molecule has 0 fully saturated rings. The highest BCUT2D eigenvalue weighted by Gasteiger charge is 1.99. The molecule has 0 heterocycles. The molecule has 0 N–H and O–H groups in total. The van der Waals surface area contributed by atoms with E-state index < -0.39 is 0 Å². The second kappa shape index (κ2) is 6.20. The third-order valence-corrected chi connectivity index (χ3v) is 3.38. The number of hydrogen-bond donors (Lipinski definition) is 0. The van der Waals surface area contributed by atoms with E-state index in [-0.39, 0.29) is 0 Å². The van der Waals surface area contributed by atoms with Gasteiger partial charge in [0.1, 0.15) is 0 Å². The molecule has 0 bridgehead atoms. The molecular formula is C14H12BrClO. The van der Waals surface area contributed by atoms with E-state index in [2.05, 4.69) is 15.9 Å². The van der Waals surface area contributed by atoms with Crippen LogP contribution in [0.4, 0.5) is 0 Å². The van der Waals surface area contributed by atoms with Gasteiger partial charge in [-0.15, -0.1) is 0 Å². The van der Waals surface area contributed by atoms with E-state index in [0.717, 1.165) is 20.6 Å². The smallest absolute Gasteiger partial charge is 0.0732 e. The largest absolute Gasteiger partial charge is 0.372 e. The number of rotatable bonds is 4. The quantitative estimate of drug-likeness (QED) is 0.786. The maximum atomic E-state index is 5.90. The van der Waals surface area contributed by atoms with Gasteiger partial charge in [0.05, 0.1) is 13.2 Å². The summed E-state index contributed by atoms with van der Waals surface area (Å²) in [5.74, 6) is 0. The Kier molecular flexibility index (Phi) is 4.60. The molecule has 0 atom stereocenters. The minimum atomic E-state index is 0.571. The van der Waals surface area contributed by atoms with E-state index >= 15 is 0 Å². The maximum Gasteiger partial charge on any atom is 0.0732 e. The number of ether oxygens (including phenoxy) is 1. The van der Waals surface area contributed by atoms with Crippen LogP contribution in [-0.2, 0) is 18.0 Å². The summed E-state index contributed by atoms with van der Waals surface area (Å²) >= 11 is 9.40. The van der Waals surface area contributed by atoms with Gasteiger partial charge in [-0.25, -0.2) is 0 Å². The van der Waals surface area contributed by atoms with Crippen LogP contribution in [0.15, 0.2) is 53.0 Å². The van der Waals surface area contributed by atoms with Crippen molar-refractivity contribution < 1.29 is 4.74 Å². The molecule has 2 aromatic rings. The van der Waals surface area contributed by atoms with E-state index in [1.54, 1.807) is 0 Å². The van der Waals surface area contributed by atoms with Crippen molar-refractivity contribution in [3.63, 3.8) is 0 Å². The Morgan fingerprint density at radius 2 is 1.82 bits per heavy atom. The summed E-state index contributed by atoms with van der Waals surface area (Å²) in [5.41, 5.74) is 2.24. The van der Waals surface area contributed by atoms with Crippen molar-refractivity contribution in [2.75, 3.05) is 0 Å². The lowest BCUT2D eigenvalue weighted by Gasteiger charge is -2.06. The van der Waals surface area contributed by atoms with E-state index in [4.69, 9.17) is 16.3 Å². The summed E-state index contributed by atoms with van der Waals surface area (Å²) in [5, 5.41) is 0.743. The SMILES string of the molecule is Clc1cccc(COCc2ccccc2Br)c1. The van der Waals surface area contributed by atoms with Crippen LogP contribution in [0, 0.1) is 0 Å². The molecule has 0 saturated heterocycles. The summed E-state index contributed by atoms with van der Waals surface area (Å²) in [7, 11) is 0. The van der Waals surface area contributed by atoms with Crippen molar-refractivity contribution in [2.24, 2.45) is 0 Å². The van der Waals surface area contributed by atoms with Crippen LogP contribution in [0.25, 0.3) is 0 Å². The van der Waals surface area contributed by atoms with E-state index in [1.165, 1.54) is 0 Å². The number of hydrogen-bond acceptors (Lipinski definition) is 1. The minimum absolute atomic E-state index is 0.571. The molecule has 0 aromatic heterocycles. The Bertz CT molecular complexity index is 499. The van der Waals surface area contributed by atoms with Gasteiger partial charge in [0, 0.05) is 9.50 Å². The first-order chi connectivity index (χ1) is 8.25. The van der Waals surface area contributed by atoms with Gasteiger partial charge >= 0.3 is 0 Å². The van der Waals surface area contributed by atoms with Crippen molar-refractivity contribution in [2.45, 2.75) is 13.2 Å². The molecule has 0 aliphatic heterocycles. The molecule has 0 amide bonds. The molecule has 0 aliphatic carbocycles.